The fourth-order valence-electron chi connectivity index (χ4n) is 2.23. The van der Waals surface area contributed by atoms with E-state index in [-0.39, 0.29) is 18.5 Å². The SMILES string of the molecule is O=C(O)CCCn1ncn2nc(-c3ccccc3)cc2c1=O. The number of carboxylic acids is 1. The van der Waals surface area contributed by atoms with E-state index < -0.39 is 5.97 Å². The third-order valence-corrected chi connectivity index (χ3v) is 3.32. The Hall–Kier alpha value is -2.96. The van der Waals surface area contributed by atoms with Crippen molar-refractivity contribution < 1.29 is 9.90 Å². The van der Waals surface area contributed by atoms with Gasteiger partial charge in [0.2, 0.25) is 0 Å². The van der Waals surface area contributed by atoms with Crippen LogP contribution < -0.4 is 5.56 Å². The highest BCUT2D eigenvalue weighted by Gasteiger charge is 2.10. The third kappa shape index (κ3) is 2.73. The van der Waals surface area contributed by atoms with Gasteiger partial charge >= 0.3 is 5.97 Å². The van der Waals surface area contributed by atoms with Gasteiger partial charge < -0.3 is 5.11 Å². The first-order valence-electron chi connectivity index (χ1n) is 6.88. The molecule has 2 heterocycles. The molecule has 0 aliphatic carbocycles. The molecule has 3 rings (SSSR count). The van der Waals surface area contributed by atoms with Gasteiger partial charge in [-0.25, -0.2) is 9.20 Å². The summed E-state index contributed by atoms with van der Waals surface area (Å²) < 4.78 is 2.72. The summed E-state index contributed by atoms with van der Waals surface area (Å²) in [4.78, 5) is 22.9. The predicted octanol–water partition coefficient (Wildman–Crippen LogP) is 1.42. The largest absolute Gasteiger partial charge is 0.481 e. The van der Waals surface area contributed by atoms with Crippen LogP contribution >= 0.6 is 0 Å². The Kier molecular flexibility index (Phi) is 3.69. The molecule has 112 valence electrons. The summed E-state index contributed by atoms with van der Waals surface area (Å²) in [6, 6.07) is 11.3. The van der Waals surface area contributed by atoms with Gasteiger partial charge in [-0.2, -0.15) is 10.2 Å². The second-order valence-corrected chi connectivity index (χ2v) is 4.88. The molecule has 0 aliphatic heterocycles. The molecule has 22 heavy (non-hydrogen) atoms. The van der Waals surface area contributed by atoms with E-state index in [1.165, 1.54) is 15.5 Å². The molecular weight excluding hydrogens is 284 g/mol. The maximum Gasteiger partial charge on any atom is 0.303 e. The minimum Gasteiger partial charge on any atom is -0.481 e. The van der Waals surface area contributed by atoms with E-state index in [0.29, 0.717) is 17.6 Å². The highest BCUT2D eigenvalue weighted by atomic mass is 16.4. The van der Waals surface area contributed by atoms with Crippen molar-refractivity contribution in [2.24, 2.45) is 0 Å². The normalized spacial score (nSPS) is 10.9. The van der Waals surface area contributed by atoms with Gasteiger partial charge in [-0.3, -0.25) is 9.59 Å². The number of fused-ring (bicyclic) bond motifs is 1. The lowest BCUT2D eigenvalue weighted by atomic mass is 10.1. The first kappa shape index (κ1) is 14.0. The zero-order chi connectivity index (χ0) is 15.5. The summed E-state index contributed by atoms with van der Waals surface area (Å²) in [6.07, 6.45) is 1.83. The van der Waals surface area contributed by atoms with Crippen molar-refractivity contribution in [1.29, 1.82) is 0 Å². The molecule has 0 bridgehead atoms. The number of aromatic nitrogens is 4. The van der Waals surface area contributed by atoms with Crippen LogP contribution in [0.2, 0.25) is 0 Å². The molecule has 7 heteroatoms. The summed E-state index contributed by atoms with van der Waals surface area (Å²) in [7, 11) is 0. The number of benzene rings is 1. The Morgan fingerprint density at radius 2 is 2.00 bits per heavy atom. The lowest BCUT2D eigenvalue weighted by Gasteiger charge is -2.02. The van der Waals surface area contributed by atoms with E-state index in [4.69, 9.17) is 5.11 Å². The lowest BCUT2D eigenvalue weighted by molar-refractivity contribution is -0.137. The van der Waals surface area contributed by atoms with Crippen molar-refractivity contribution in [3.05, 3.63) is 53.1 Å². The lowest BCUT2D eigenvalue weighted by Crippen LogP contribution is -2.25. The smallest absolute Gasteiger partial charge is 0.303 e. The second kappa shape index (κ2) is 5.80. The maximum absolute atomic E-state index is 12.3. The standard InChI is InChI=1S/C15H14N4O3/c20-14(21)7-4-8-18-15(22)13-9-12(17-19(13)10-16-18)11-5-2-1-3-6-11/h1-3,5-6,9-10H,4,7-8H2,(H,20,21). The molecule has 1 aromatic carbocycles. The second-order valence-electron chi connectivity index (χ2n) is 4.88. The third-order valence-electron chi connectivity index (χ3n) is 3.32. The highest BCUT2D eigenvalue weighted by Crippen LogP contribution is 2.17. The molecule has 0 aliphatic rings. The van der Waals surface area contributed by atoms with Crippen LogP contribution in [0.5, 0.6) is 0 Å². The molecule has 0 saturated heterocycles. The minimum absolute atomic E-state index is 0.00777. The topological polar surface area (TPSA) is 89.5 Å². The number of aryl methyl sites for hydroxylation is 1. The Labute approximate surface area is 125 Å². The zero-order valence-electron chi connectivity index (χ0n) is 11.7. The molecule has 0 spiro atoms. The van der Waals surface area contributed by atoms with Gasteiger partial charge in [-0.15, -0.1) is 0 Å². The van der Waals surface area contributed by atoms with Crippen molar-refractivity contribution in [3.8, 4) is 11.3 Å². The molecule has 0 unspecified atom stereocenters. The Bertz CT molecular complexity index is 867. The van der Waals surface area contributed by atoms with Crippen LogP contribution in [0.3, 0.4) is 0 Å². The number of nitrogens with zero attached hydrogens (tertiary/aromatic N) is 4. The number of carbonyl (C=O) groups is 1. The zero-order valence-corrected chi connectivity index (χ0v) is 11.7. The van der Waals surface area contributed by atoms with Crippen LogP contribution in [-0.2, 0) is 11.3 Å². The van der Waals surface area contributed by atoms with E-state index in [1.807, 2.05) is 30.3 Å². The van der Waals surface area contributed by atoms with Gasteiger partial charge in [0.1, 0.15) is 11.8 Å². The number of rotatable bonds is 5. The van der Waals surface area contributed by atoms with E-state index >= 15 is 0 Å². The van der Waals surface area contributed by atoms with E-state index in [0.717, 1.165) is 5.56 Å². The number of aliphatic carboxylic acids is 1. The molecule has 0 radical (unpaired) electrons. The fraction of sp³-hybridized carbons (Fsp3) is 0.200. The fourth-order valence-corrected chi connectivity index (χ4v) is 2.23. The molecule has 1 N–H and O–H groups in total. The van der Waals surface area contributed by atoms with Crippen LogP contribution in [0.25, 0.3) is 16.8 Å². The molecule has 2 aromatic heterocycles. The van der Waals surface area contributed by atoms with Crippen molar-refractivity contribution in [2.45, 2.75) is 19.4 Å². The molecule has 0 amide bonds. The maximum atomic E-state index is 12.3. The van der Waals surface area contributed by atoms with Crippen molar-refractivity contribution in [3.63, 3.8) is 0 Å². The summed E-state index contributed by atoms with van der Waals surface area (Å²) in [5.74, 6) is -0.884. The number of carboxylic acid groups (broad SMARTS) is 1. The quantitative estimate of drug-likeness (QED) is 0.769. The Balaban J connectivity index is 1.94. The van der Waals surface area contributed by atoms with Gasteiger partial charge in [0.05, 0.1) is 5.69 Å². The number of hydrogen-bond donors (Lipinski definition) is 1. The monoisotopic (exact) mass is 298 g/mol. The van der Waals surface area contributed by atoms with E-state index in [9.17, 15) is 9.59 Å². The van der Waals surface area contributed by atoms with Crippen molar-refractivity contribution >= 4 is 11.5 Å². The van der Waals surface area contributed by atoms with E-state index in [1.54, 1.807) is 6.07 Å². The van der Waals surface area contributed by atoms with Crippen LogP contribution in [-0.4, -0.2) is 30.5 Å². The first-order valence-corrected chi connectivity index (χ1v) is 6.88. The Morgan fingerprint density at radius 1 is 1.23 bits per heavy atom. The summed E-state index contributed by atoms with van der Waals surface area (Å²) in [5, 5.41) is 17.0. The summed E-state index contributed by atoms with van der Waals surface area (Å²) >= 11 is 0. The summed E-state index contributed by atoms with van der Waals surface area (Å²) in [6.45, 7) is 0.271. The van der Waals surface area contributed by atoms with E-state index in [2.05, 4.69) is 10.2 Å². The van der Waals surface area contributed by atoms with Gasteiger partial charge in [0.15, 0.2) is 0 Å². The number of hydrogen-bond acceptors (Lipinski definition) is 4. The van der Waals surface area contributed by atoms with Gasteiger partial charge in [0.25, 0.3) is 5.56 Å². The van der Waals surface area contributed by atoms with Gasteiger partial charge in [0, 0.05) is 18.5 Å². The van der Waals surface area contributed by atoms with Gasteiger partial charge in [-0.1, -0.05) is 30.3 Å². The molecule has 0 atom stereocenters. The molecule has 0 saturated carbocycles. The molecule has 0 fully saturated rings. The average molecular weight is 298 g/mol. The minimum atomic E-state index is -0.884. The molecule has 3 aromatic rings. The van der Waals surface area contributed by atoms with Crippen LogP contribution in [0, 0.1) is 0 Å². The van der Waals surface area contributed by atoms with Crippen LogP contribution in [0.1, 0.15) is 12.8 Å². The van der Waals surface area contributed by atoms with Crippen LogP contribution in [0.15, 0.2) is 47.5 Å². The van der Waals surface area contributed by atoms with Crippen LogP contribution in [0.4, 0.5) is 0 Å². The average Bonchev–Trinajstić information content (AvgIpc) is 2.95. The molecule has 7 nitrogen and oxygen atoms in total. The first-order chi connectivity index (χ1) is 10.6. The van der Waals surface area contributed by atoms with Gasteiger partial charge in [-0.05, 0) is 12.5 Å². The van der Waals surface area contributed by atoms with Crippen molar-refractivity contribution in [2.75, 3.05) is 0 Å². The van der Waals surface area contributed by atoms with Crippen molar-refractivity contribution in [1.82, 2.24) is 19.4 Å². The summed E-state index contributed by atoms with van der Waals surface area (Å²) in [5.41, 5.74) is 1.76. The molecular formula is C15H14N4O3. The highest BCUT2D eigenvalue weighted by molar-refractivity contribution is 5.66. The predicted molar refractivity (Wildman–Crippen MR) is 79.6 cm³/mol. The Morgan fingerprint density at radius 3 is 2.73 bits per heavy atom.